The Hall–Kier alpha value is -3.35. The molecule has 0 spiro atoms. The fourth-order valence-corrected chi connectivity index (χ4v) is 3.14. The first-order valence-corrected chi connectivity index (χ1v) is 9.53. The zero-order chi connectivity index (χ0) is 20.8. The van der Waals surface area contributed by atoms with E-state index in [0.29, 0.717) is 23.7 Å². The number of carbonyl (C=O) groups excluding carboxylic acids is 3. The van der Waals surface area contributed by atoms with E-state index in [0.717, 1.165) is 5.56 Å². The number of carbonyl (C=O) groups is 3. The van der Waals surface area contributed by atoms with Crippen molar-refractivity contribution < 1.29 is 23.9 Å². The van der Waals surface area contributed by atoms with Gasteiger partial charge in [-0.3, -0.25) is 14.4 Å². The Bertz CT molecular complexity index is 894. The molecule has 1 fully saturated rings. The van der Waals surface area contributed by atoms with Crippen LogP contribution in [0.2, 0.25) is 0 Å². The molecule has 29 heavy (non-hydrogen) atoms. The van der Waals surface area contributed by atoms with Crippen molar-refractivity contribution in [1.82, 2.24) is 0 Å². The van der Waals surface area contributed by atoms with E-state index in [1.165, 1.54) is 4.90 Å². The van der Waals surface area contributed by atoms with Crippen LogP contribution in [0.5, 0.6) is 5.75 Å². The lowest BCUT2D eigenvalue weighted by Gasteiger charge is -2.19. The van der Waals surface area contributed by atoms with Gasteiger partial charge in [-0.15, -0.1) is 0 Å². The normalized spacial score (nSPS) is 15.9. The predicted octanol–water partition coefficient (Wildman–Crippen LogP) is 2.93. The van der Waals surface area contributed by atoms with Crippen molar-refractivity contribution in [3.05, 3.63) is 54.1 Å². The average Bonchev–Trinajstić information content (AvgIpc) is 3.10. The molecule has 1 atom stereocenters. The summed E-state index contributed by atoms with van der Waals surface area (Å²) in [5.41, 5.74) is 2.34. The Kier molecular flexibility index (Phi) is 6.49. The number of benzene rings is 2. The van der Waals surface area contributed by atoms with Crippen LogP contribution in [0.3, 0.4) is 0 Å². The number of rotatable bonds is 7. The molecule has 0 aliphatic carbocycles. The maximum absolute atomic E-state index is 12.4. The highest BCUT2D eigenvalue weighted by Gasteiger charge is 2.37. The topological polar surface area (TPSA) is 84.9 Å². The second-order valence-electron chi connectivity index (χ2n) is 6.83. The SMILES string of the molecule is CCOc1ccccc1N1C[C@H](C(=O)OCC(=O)Nc2ccc(C)cc2)CC1=O. The standard InChI is InChI=1S/C22H24N2O5/c1-3-28-19-7-5-4-6-18(19)24-13-16(12-21(24)26)22(27)29-14-20(25)23-17-10-8-15(2)9-11-17/h4-11,16H,3,12-14H2,1-2H3,(H,23,25)/t16-/m1/s1. The Morgan fingerprint density at radius 2 is 1.86 bits per heavy atom. The van der Waals surface area contributed by atoms with Crippen molar-refractivity contribution in [2.24, 2.45) is 5.92 Å². The van der Waals surface area contributed by atoms with Crippen LogP contribution in [0.25, 0.3) is 0 Å². The largest absolute Gasteiger partial charge is 0.492 e. The number of amides is 2. The summed E-state index contributed by atoms with van der Waals surface area (Å²) in [4.78, 5) is 38.3. The van der Waals surface area contributed by atoms with Crippen molar-refractivity contribution in [1.29, 1.82) is 0 Å². The summed E-state index contributed by atoms with van der Waals surface area (Å²) in [6.07, 6.45) is 0.0405. The van der Waals surface area contributed by atoms with Gasteiger partial charge >= 0.3 is 5.97 Å². The van der Waals surface area contributed by atoms with E-state index < -0.39 is 24.4 Å². The van der Waals surface area contributed by atoms with Gasteiger partial charge in [0.2, 0.25) is 5.91 Å². The molecule has 0 saturated carbocycles. The van der Waals surface area contributed by atoms with Gasteiger partial charge in [0.1, 0.15) is 5.75 Å². The number of anilines is 2. The molecule has 7 heteroatoms. The Labute approximate surface area is 169 Å². The van der Waals surface area contributed by atoms with Crippen LogP contribution in [-0.2, 0) is 19.1 Å². The lowest BCUT2D eigenvalue weighted by Crippen LogP contribution is -2.28. The molecule has 152 valence electrons. The molecule has 0 radical (unpaired) electrons. The lowest BCUT2D eigenvalue weighted by molar-refractivity contribution is -0.151. The van der Waals surface area contributed by atoms with Crippen molar-refractivity contribution >= 4 is 29.2 Å². The molecule has 7 nitrogen and oxygen atoms in total. The minimum atomic E-state index is -0.621. The van der Waals surface area contributed by atoms with E-state index >= 15 is 0 Å². The highest BCUT2D eigenvalue weighted by Crippen LogP contribution is 2.33. The maximum Gasteiger partial charge on any atom is 0.311 e. The summed E-state index contributed by atoms with van der Waals surface area (Å²) >= 11 is 0. The molecular formula is C22H24N2O5. The maximum atomic E-state index is 12.4. The number of hydrogen-bond donors (Lipinski definition) is 1. The molecule has 0 bridgehead atoms. The van der Waals surface area contributed by atoms with Gasteiger partial charge in [-0.05, 0) is 38.1 Å². The number of aryl methyl sites for hydroxylation is 1. The molecule has 1 N–H and O–H groups in total. The summed E-state index contributed by atoms with van der Waals surface area (Å²) < 4.78 is 10.7. The second kappa shape index (κ2) is 9.23. The molecule has 3 rings (SSSR count). The van der Waals surface area contributed by atoms with E-state index in [4.69, 9.17) is 9.47 Å². The lowest BCUT2D eigenvalue weighted by atomic mass is 10.1. The van der Waals surface area contributed by atoms with Crippen LogP contribution in [0.1, 0.15) is 18.9 Å². The number of ether oxygens (including phenoxy) is 2. The Morgan fingerprint density at radius 1 is 1.14 bits per heavy atom. The predicted molar refractivity (Wildman–Crippen MR) is 109 cm³/mol. The van der Waals surface area contributed by atoms with Gasteiger partial charge in [0.15, 0.2) is 6.61 Å². The third kappa shape index (κ3) is 5.13. The summed E-state index contributed by atoms with van der Waals surface area (Å²) in [6.45, 7) is 4.09. The van der Waals surface area contributed by atoms with Gasteiger partial charge in [-0.25, -0.2) is 0 Å². The van der Waals surface area contributed by atoms with Gasteiger partial charge in [-0.2, -0.15) is 0 Å². The van der Waals surface area contributed by atoms with Gasteiger partial charge in [0.25, 0.3) is 5.91 Å². The average molecular weight is 396 g/mol. The molecule has 1 heterocycles. The van der Waals surface area contributed by atoms with Crippen LogP contribution in [0, 0.1) is 12.8 Å². The van der Waals surface area contributed by atoms with Gasteiger partial charge in [0, 0.05) is 18.7 Å². The Morgan fingerprint density at radius 3 is 2.59 bits per heavy atom. The first kappa shape index (κ1) is 20.4. The highest BCUT2D eigenvalue weighted by molar-refractivity contribution is 6.01. The van der Waals surface area contributed by atoms with E-state index in [2.05, 4.69) is 5.32 Å². The molecule has 1 aliphatic rings. The van der Waals surface area contributed by atoms with E-state index in [1.807, 2.05) is 38.1 Å². The van der Waals surface area contributed by atoms with Crippen LogP contribution in [0.15, 0.2) is 48.5 Å². The van der Waals surface area contributed by atoms with Crippen LogP contribution < -0.4 is 15.0 Å². The highest BCUT2D eigenvalue weighted by atomic mass is 16.5. The summed E-state index contributed by atoms with van der Waals surface area (Å²) in [6, 6.07) is 14.5. The molecule has 0 unspecified atom stereocenters. The number of para-hydroxylation sites is 2. The van der Waals surface area contributed by atoms with E-state index in [1.54, 1.807) is 24.3 Å². The third-order valence-electron chi connectivity index (χ3n) is 4.60. The first-order chi connectivity index (χ1) is 14.0. The number of nitrogens with zero attached hydrogens (tertiary/aromatic N) is 1. The van der Waals surface area contributed by atoms with Gasteiger partial charge < -0.3 is 19.7 Å². The fraction of sp³-hybridized carbons (Fsp3) is 0.318. The monoisotopic (exact) mass is 396 g/mol. The molecule has 0 aromatic heterocycles. The second-order valence-corrected chi connectivity index (χ2v) is 6.83. The molecule has 1 saturated heterocycles. The summed E-state index contributed by atoms with van der Waals surface area (Å²) in [5.74, 6) is -1.19. The molecule has 2 aromatic carbocycles. The van der Waals surface area contributed by atoms with E-state index in [9.17, 15) is 14.4 Å². The quantitative estimate of drug-likeness (QED) is 0.728. The smallest absolute Gasteiger partial charge is 0.311 e. The van der Waals surface area contributed by atoms with Crippen molar-refractivity contribution in [3.63, 3.8) is 0 Å². The van der Waals surface area contributed by atoms with Crippen LogP contribution in [0.4, 0.5) is 11.4 Å². The fourth-order valence-electron chi connectivity index (χ4n) is 3.14. The van der Waals surface area contributed by atoms with Crippen molar-refractivity contribution in [2.45, 2.75) is 20.3 Å². The minimum Gasteiger partial charge on any atom is -0.492 e. The minimum absolute atomic E-state index is 0.0405. The number of nitrogens with one attached hydrogen (secondary N) is 1. The van der Waals surface area contributed by atoms with Gasteiger partial charge in [-0.1, -0.05) is 29.8 Å². The molecule has 1 aliphatic heterocycles. The third-order valence-corrected chi connectivity index (χ3v) is 4.60. The van der Waals surface area contributed by atoms with Gasteiger partial charge in [0.05, 0.1) is 18.2 Å². The number of hydrogen-bond acceptors (Lipinski definition) is 5. The van der Waals surface area contributed by atoms with Crippen molar-refractivity contribution in [3.8, 4) is 5.75 Å². The number of esters is 1. The zero-order valence-electron chi connectivity index (χ0n) is 16.5. The Balaban J connectivity index is 1.55. The molecular weight excluding hydrogens is 372 g/mol. The van der Waals surface area contributed by atoms with Crippen LogP contribution in [-0.4, -0.2) is 37.5 Å². The molecule has 2 amide bonds. The van der Waals surface area contributed by atoms with E-state index in [-0.39, 0.29) is 18.9 Å². The molecule has 2 aromatic rings. The first-order valence-electron chi connectivity index (χ1n) is 9.53. The van der Waals surface area contributed by atoms with Crippen LogP contribution >= 0.6 is 0 Å². The summed E-state index contributed by atoms with van der Waals surface area (Å²) in [5, 5.41) is 2.67. The zero-order valence-corrected chi connectivity index (χ0v) is 16.5. The van der Waals surface area contributed by atoms with Crippen molar-refractivity contribution in [2.75, 3.05) is 30.0 Å². The summed E-state index contributed by atoms with van der Waals surface area (Å²) in [7, 11) is 0.